The minimum Gasteiger partial charge on any atom is -0.309 e. The van der Waals surface area contributed by atoms with E-state index < -0.39 is 0 Å². The molecule has 1 fully saturated rings. The van der Waals surface area contributed by atoms with Crippen LogP contribution >= 0.6 is 0 Å². The summed E-state index contributed by atoms with van der Waals surface area (Å²) in [6.07, 6.45) is 3.91. The minimum absolute atomic E-state index is 0.464. The zero-order chi connectivity index (χ0) is 12.7. The molecule has 0 saturated heterocycles. The summed E-state index contributed by atoms with van der Waals surface area (Å²) in [6, 6.07) is 20.4. The van der Waals surface area contributed by atoms with Gasteiger partial charge in [-0.3, -0.25) is 0 Å². The van der Waals surface area contributed by atoms with E-state index in [2.05, 4.69) is 59.9 Å². The number of rotatable bonds is 3. The molecule has 1 heteroatoms. The first-order valence-corrected chi connectivity index (χ1v) is 7.24. The number of hydrogen-bond donors (Lipinski definition) is 1. The van der Waals surface area contributed by atoms with Crippen molar-refractivity contribution in [3.8, 4) is 0 Å². The van der Waals surface area contributed by atoms with Crippen LogP contribution in [0.4, 0.5) is 0 Å². The van der Waals surface area contributed by atoms with Gasteiger partial charge in [0.05, 0.1) is 0 Å². The lowest BCUT2D eigenvalue weighted by atomic mass is 9.97. The van der Waals surface area contributed by atoms with Gasteiger partial charge in [-0.2, -0.15) is 0 Å². The van der Waals surface area contributed by atoms with Crippen LogP contribution in [-0.2, 0) is 18.4 Å². The quantitative estimate of drug-likeness (QED) is 0.878. The van der Waals surface area contributed by atoms with Crippen molar-refractivity contribution in [3.63, 3.8) is 0 Å². The standard InChI is InChI=1S/C18H19N/c1-2-6-14(7-3-1)13-19-17-12-18(17)11-10-15-8-4-5-9-16(15)18/h1-9,17,19H,10-13H2/t17-,18+/m1/s1. The highest BCUT2D eigenvalue weighted by molar-refractivity contribution is 5.46. The maximum atomic E-state index is 3.75. The van der Waals surface area contributed by atoms with E-state index in [0.29, 0.717) is 11.5 Å². The number of hydrogen-bond acceptors (Lipinski definition) is 1. The van der Waals surface area contributed by atoms with E-state index in [4.69, 9.17) is 0 Å². The van der Waals surface area contributed by atoms with Gasteiger partial charge in [0, 0.05) is 18.0 Å². The zero-order valence-corrected chi connectivity index (χ0v) is 11.1. The molecule has 0 aliphatic heterocycles. The molecule has 4 rings (SSSR count). The number of fused-ring (bicyclic) bond motifs is 2. The van der Waals surface area contributed by atoms with Gasteiger partial charge >= 0.3 is 0 Å². The fourth-order valence-corrected chi connectivity index (χ4v) is 3.70. The second-order valence-electron chi connectivity index (χ2n) is 5.94. The number of nitrogens with one attached hydrogen (secondary N) is 1. The molecule has 0 unspecified atom stereocenters. The Morgan fingerprint density at radius 1 is 1.00 bits per heavy atom. The first kappa shape index (κ1) is 11.2. The summed E-state index contributed by atoms with van der Waals surface area (Å²) in [7, 11) is 0. The van der Waals surface area contributed by atoms with Gasteiger partial charge in [-0.15, -0.1) is 0 Å². The molecule has 2 aliphatic rings. The molecule has 2 aromatic carbocycles. The van der Waals surface area contributed by atoms with Crippen LogP contribution in [0.1, 0.15) is 29.5 Å². The maximum absolute atomic E-state index is 3.75. The monoisotopic (exact) mass is 249 g/mol. The summed E-state index contributed by atoms with van der Waals surface area (Å²) < 4.78 is 0. The van der Waals surface area contributed by atoms with Crippen LogP contribution in [0.3, 0.4) is 0 Å². The van der Waals surface area contributed by atoms with Gasteiger partial charge in [0.25, 0.3) is 0 Å². The lowest BCUT2D eigenvalue weighted by molar-refractivity contribution is 0.571. The van der Waals surface area contributed by atoms with Crippen LogP contribution in [0.5, 0.6) is 0 Å². The molecule has 0 amide bonds. The Labute approximate surface area is 114 Å². The Balaban J connectivity index is 1.47. The molecule has 19 heavy (non-hydrogen) atoms. The largest absolute Gasteiger partial charge is 0.309 e. The van der Waals surface area contributed by atoms with Gasteiger partial charge < -0.3 is 5.32 Å². The van der Waals surface area contributed by atoms with Gasteiger partial charge in [0.2, 0.25) is 0 Å². The van der Waals surface area contributed by atoms with Crippen LogP contribution in [0.2, 0.25) is 0 Å². The van der Waals surface area contributed by atoms with Crippen molar-refractivity contribution in [2.24, 2.45) is 0 Å². The van der Waals surface area contributed by atoms with Crippen molar-refractivity contribution >= 4 is 0 Å². The lowest BCUT2D eigenvalue weighted by Gasteiger charge is -2.12. The molecule has 1 spiro atoms. The highest BCUT2D eigenvalue weighted by Gasteiger charge is 2.57. The van der Waals surface area contributed by atoms with Gasteiger partial charge in [-0.1, -0.05) is 54.6 Å². The molecule has 0 bridgehead atoms. The summed E-state index contributed by atoms with van der Waals surface area (Å²) in [5, 5.41) is 3.75. The summed E-state index contributed by atoms with van der Waals surface area (Å²) in [5.41, 5.74) is 5.04. The fraction of sp³-hybridized carbons (Fsp3) is 0.333. The van der Waals surface area contributed by atoms with Crippen LogP contribution in [0.25, 0.3) is 0 Å². The van der Waals surface area contributed by atoms with Crippen molar-refractivity contribution in [2.45, 2.75) is 37.3 Å². The van der Waals surface area contributed by atoms with Crippen molar-refractivity contribution < 1.29 is 0 Å². The van der Waals surface area contributed by atoms with Gasteiger partial charge in [-0.05, 0) is 36.0 Å². The SMILES string of the molecule is c1ccc(CN[C@@H]2C[C@]23CCc2ccccc23)cc1. The molecule has 0 aromatic heterocycles. The van der Waals surface area contributed by atoms with Crippen LogP contribution in [0, 0.1) is 0 Å². The van der Waals surface area contributed by atoms with E-state index in [1.807, 2.05) is 0 Å². The molecule has 96 valence electrons. The van der Waals surface area contributed by atoms with Crippen molar-refractivity contribution in [1.82, 2.24) is 5.32 Å². The summed E-state index contributed by atoms with van der Waals surface area (Å²) >= 11 is 0. The van der Waals surface area contributed by atoms with Gasteiger partial charge in [0.1, 0.15) is 0 Å². The van der Waals surface area contributed by atoms with Crippen LogP contribution in [0.15, 0.2) is 54.6 Å². The topological polar surface area (TPSA) is 12.0 Å². The van der Waals surface area contributed by atoms with Crippen molar-refractivity contribution in [1.29, 1.82) is 0 Å². The summed E-state index contributed by atoms with van der Waals surface area (Å²) in [5.74, 6) is 0. The molecule has 2 atom stereocenters. The summed E-state index contributed by atoms with van der Waals surface area (Å²) in [4.78, 5) is 0. The van der Waals surface area contributed by atoms with E-state index in [9.17, 15) is 0 Å². The Morgan fingerprint density at radius 3 is 2.68 bits per heavy atom. The van der Waals surface area contributed by atoms with E-state index in [-0.39, 0.29) is 0 Å². The average Bonchev–Trinajstić information content (AvgIpc) is 3.06. The van der Waals surface area contributed by atoms with E-state index >= 15 is 0 Å². The van der Waals surface area contributed by atoms with Gasteiger partial charge in [-0.25, -0.2) is 0 Å². The maximum Gasteiger partial charge on any atom is 0.0208 e. The third-order valence-electron chi connectivity index (χ3n) is 4.86. The lowest BCUT2D eigenvalue weighted by Crippen LogP contribution is -2.23. The second-order valence-corrected chi connectivity index (χ2v) is 5.94. The van der Waals surface area contributed by atoms with E-state index in [1.165, 1.54) is 24.8 Å². The predicted molar refractivity (Wildman–Crippen MR) is 78.1 cm³/mol. The number of aryl methyl sites for hydroxylation is 1. The van der Waals surface area contributed by atoms with Crippen molar-refractivity contribution in [2.75, 3.05) is 0 Å². The average molecular weight is 249 g/mol. The molecule has 2 aliphatic carbocycles. The Hall–Kier alpha value is -1.60. The molecular weight excluding hydrogens is 230 g/mol. The Bertz CT molecular complexity index is 590. The molecular formula is C18H19N. The number of benzene rings is 2. The zero-order valence-electron chi connectivity index (χ0n) is 11.1. The smallest absolute Gasteiger partial charge is 0.0208 e. The highest BCUT2D eigenvalue weighted by Crippen LogP contribution is 2.56. The Morgan fingerprint density at radius 2 is 1.79 bits per heavy atom. The van der Waals surface area contributed by atoms with Crippen LogP contribution < -0.4 is 5.32 Å². The van der Waals surface area contributed by atoms with Gasteiger partial charge in [0.15, 0.2) is 0 Å². The van der Waals surface area contributed by atoms with Crippen LogP contribution in [-0.4, -0.2) is 6.04 Å². The minimum atomic E-state index is 0.464. The molecule has 1 nitrogen and oxygen atoms in total. The third-order valence-corrected chi connectivity index (χ3v) is 4.86. The normalized spacial score (nSPS) is 27.5. The summed E-state index contributed by atoms with van der Waals surface area (Å²) in [6.45, 7) is 0.995. The predicted octanol–water partition coefficient (Wildman–Crippen LogP) is 3.43. The molecule has 0 radical (unpaired) electrons. The third kappa shape index (κ3) is 1.81. The first-order chi connectivity index (χ1) is 9.38. The molecule has 1 N–H and O–H groups in total. The second kappa shape index (κ2) is 4.21. The van der Waals surface area contributed by atoms with Crippen molar-refractivity contribution in [3.05, 3.63) is 71.3 Å². The highest BCUT2D eigenvalue weighted by atomic mass is 15.0. The Kier molecular flexibility index (Phi) is 2.49. The molecule has 1 saturated carbocycles. The molecule has 2 aromatic rings. The van der Waals surface area contributed by atoms with E-state index in [1.54, 1.807) is 11.1 Å². The molecule has 0 heterocycles. The fourth-order valence-electron chi connectivity index (χ4n) is 3.70. The van der Waals surface area contributed by atoms with E-state index in [0.717, 1.165) is 6.54 Å². The first-order valence-electron chi connectivity index (χ1n) is 7.24.